The standard InChI is InChI=1S/C15H23NO4/c1-9-5-10(2)15(20)12(6-9)4-3-11(7-13(16)17)8-14(18)19/h4,9-11H,3,5-8H2,1-2H3,(H2,16,17)(H,18,19). The number of rotatable bonds is 6. The molecule has 5 nitrogen and oxygen atoms in total. The Kier molecular flexibility index (Phi) is 5.92. The lowest BCUT2D eigenvalue weighted by molar-refractivity contribution is -0.138. The summed E-state index contributed by atoms with van der Waals surface area (Å²) in [7, 11) is 0. The van der Waals surface area contributed by atoms with Gasteiger partial charge in [-0.25, -0.2) is 0 Å². The maximum atomic E-state index is 12.1. The van der Waals surface area contributed by atoms with E-state index in [2.05, 4.69) is 6.92 Å². The SMILES string of the molecule is CC1CC(=CCC(CC(N)=O)CC(=O)O)C(=O)C(C)C1. The van der Waals surface area contributed by atoms with E-state index in [1.807, 2.05) is 13.0 Å². The summed E-state index contributed by atoms with van der Waals surface area (Å²) >= 11 is 0. The molecular weight excluding hydrogens is 258 g/mol. The fraction of sp³-hybridized carbons (Fsp3) is 0.667. The van der Waals surface area contributed by atoms with Crippen molar-refractivity contribution in [2.75, 3.05) is 0 Å². The first-order valence-electron chi connectivity index (χ1n) is 7.03. The molecule has 112 valence electrons. The molecule has 0 aromatic carbocycles. The van der Waals surface area contributed by atoms with Gasteiger partial charge < -0.3 is 10.8 Å². The van der Waals surface area contributed by atoms with E-state index in [9.17, 15) is 14.4 Å². The van der Waals surface area contributed by atoms with Crippen LogP contribution in [0, 0.1) is 17.8 Å². The molecule has 0 aromatic rings. The van der Waals surface area contributed by atoms with Gasteiger partial charge >= 0.3 is 5.97 Å². The lowest BCUT2D eigenvalue weighted by Gasteiger charge is -2.25. The largest absolute Gasteiger partial charge is 0.481 e. The molecule has 0 saturated heterocycles. The summed E-state index contributed by atoms with van der Waals surface area (Å²) in [5, 5.41) is 8.83. The summed E-state index contributed by atoms with van der Waals surface area (Å²) in [5.74, 6) is -1.16. The number of nitrogens with two attached hydrogens (primary N) is 1. The van der Waals surface area contributed by atoms with E-state index in [4.69, 9.17) is 10.8 Å². The van der Waals surface area contributed by atoms with Crippen LogP contribution in [0.25, 0.3) is 0 Å². The predicted octanol–water partition coefficient (Wildman–Crippen LogP) is 1.90. The molecule has 1 aliphatic rings. The van der Waals surface area contributed by atoms with Crippen molar-refractivity contribution in [1.82, 2.24) is 0 Å². The first kappa shape index (κ1) is 16.4. The zero-order valence-electron chi connectivity index (χ0n) is 12.1. The van der Waals surface area contributed by atoms with Crippen molar-refractivity contribution in [3.05, 3.63) is 11.6 Å². The third kappa shape index (κ3) is 5.15. The molecule has 0 aliphatic heterocycles. The fourth-order valence-electron chi connectivity index (χ4n) is 2.85. The van der Waals surface area contributed by atoms with Gasteiger partial charge in [0.05, 0.1) is 0 Å². The van der Waals surface area contributed by atoms with Crippen molar-refractivity contribution in [2.24, 2.45) is 23.5 Å². The summed E-state index contributed by atoms with van der Waals surface area (Å²) in [6.07, 6.45) is 3.79. The molecular formula is C15H23NO4. The molecule has 3 unspecified atom stereocenters. The third-order valence-electron chi connectivity index (χ3n) is 3.74. The van der Waals surface area contributed by atoms with E-state index in [0.29, 0.717) is 12.3 Å². The van der Waals surface area contributed by atoms with Gasteiger partial charge in [0, 0.05) is 18.8 Å². The predicted molar refractivity (Wildman–Crippen MR) is 74.8 cm³/mol. The average Bonchev–Trinajstić information content (AvgIpc) is 2.30. The molecule has 1 saturated carbocycles. The van der Waals surface area contributed by atoms with Gasteiger partial charge in [0.15, 0.2) is 5.78 Å². The Morgan fingerprint density at radius 2 is 2.05 bits per heavy atom. The van der Waals surface area contributed by atoms with Crippen LogP contribution in [0.5, 0.6) is 0 Å². The monoisotopic (exact) mass is 281 g/mol. The minimum Gasteiger partial charge on any atom is -0.481 e. The molecule has 1 amide bonds. The van der Waals surface area contributed by atoms with E-state index in [1.165, 1.54) is 0 Å². The zero-order chi connectivity index (χ0) is 15.3. The van der Waals surface area contributed by atoms with Gasteiger partial charge in [-0.2, -0.15) is 0 Å². The molecule has 20 heavy (non-hydrogen) atoms. The lowest BCUT2D eigenvalue weighted by Crippen LogP contribution is -2.24. The van der Waals surface area contributed by atoms with E-state index in [1.54, 1.807) is 0 Å². The second kappa shape index (κ2) is 7.22. The molecule has 3 N–H and O–H groups in total. The molecule has 0 radical (unpaired) electrons. The van der Waals surface area contributed by atoms with Gasteiger partial charge in [-0.1, -0.05) is 19.9 Å². The van der Waals surface area contributed by atoms with E-state index in [0.717, 1.165) is 18.4 Å². The summed E-state index contributed by atoms with van der Waals surface area (Å²) < 4.78 is 0. The number of hydrogen-bond donors (Lipinski definition) is 2. The van der Waals surface area contributed by atoms with Crippen molar-refractivity contribution in [3.8, 4) is 0 Å². The van der Waals surface area contributed by atoms with Crippen molar-refractivity contribution >= 4 is 17.7 Å². The Bertz CT molecular complexity index is 412. The number of carboxylic acids is 1. The summed E-state index contributed by atoms with van der Waals surface area (Å²) in [4.78, 5) is 33.8. The number of carboxylic acid groups (broad SMARTS) is 1. The van der Waals surface area contributed by atoms with Crippen molar-refractivity contribution in [1.29, 1.82) is 0 Å². The van der Waals surface area contributed by atoms with Crippen LogP contribution in [-0.4, -0.2) is 22.8 Å². The van der Waals surface area contributed by atoms with Crippen LogP contribution in [0.1, 0.15) is 46.0 Å². The van der Waals surface area contributed by atoms with Crippen LogP contribution in [0.15, 0.2) is 11.6 Å². The highest BCUT2D eigenvalue weighted by molar-refractivity contribution is 5.97. The molecule has 1 fully saturated rings. The van der Waals surface area contributed by atoms with Gasteiger partial charge in [-0.15, -0.1) is 0 Å². The van der Waals surface area contributed by atoms with Gasteiger partial charge in [-0.05, 0) is 36.7 Å². The fourth-order valence-corrected chi connectivity index (χ4v) is 2.85. The Balaban J connectivity index is 2.72. The minimum absolute atomic E-state index is 0.0269. The number of ketones is 1. The molecule has 1 aliphatic carbocycles. The summed E-state index contributed by atoms with van der Waals surface area (Å²) in [5.41, 5.74) is 5.90. The first-order valence-corrected chi connectivity index (χ1v) is 7.03. The molecule has 3 atom stereocenters. The van der Waals surface area contributed by atoms with Gasteiger partial charge in [0.1, 0.15) is 0 Å². The Morgan fingerprint density at radius 3 is 2.60 bits per heavy atom. The molecule has 0 aromatic heterocycles. The van der Waals surface area contributed by atoms with E-state index in [-0.39, 0.29) is 30.5 Å². The molecule has 0 spiro atoms. The Hall–Kier alpha value is -1.65. The van der Waals surface area contributed by atoms with Crippen molar-refractivity contribution in [2.45, 2.75) is 46.0 Å². The van der Waals surface area contributed by atoms with Crippen LogP contribution in [-0.2, 0) is 14.4 Å². The average molecular weight is 281 g/mol. The van der Waals surface area contributed by atoms with Gasteiger partial charge in [0.25, 0.3) is 0 Å². The number of carbonyl (C=O) groups excluding carboxylic acids is 2. The third-order valence-corrected chi connectivity index (χ3v) is 3.74. The Morgan fingerprint density at radius 1 is 1.40 bits per heavy atom. The quantitative estimate of drug-likeness (QED) is 0.726. The maximum Gasteiger partial charge on any atom is 0.303 e. The van der Waals surface area contributed by atoms with Crippen molar-refractivity contribution < 1.29 is 19.5 Å². The van der Waals surface area contributed by atoms with Crippen LogP contribution < -0.4 is 5.73 Å². The molecule has 0 bridgehead atoms. The van der Waals surface area contributed by atoms with Crippen molar-refractivity contribution in [3.63, 3.8) is 0 Å². The normalized spacial score (nSPS) is 26.5. The molecule has 1 rings (SSSR count). The van der Waals surface area contributed by atoms with Crippen LogP contribution in [0.4, 0.5) is 0 Å². The van der Waals surface area contributed by atoms with E-state index < -0.39 is 11.9 Å². The lowest BCUT2D eigenvalue weighted by atomic mass is 9.78. The number of aliphatic carboxylic acids is 1. The smallest absolute Gasteiger partial charge is 0.303 e. The summed E-state index contributed by atoms with van der Waals surface area (Å²) in [6, 6.07) is 0. The zero-order valence-corrected chi connectivity index (χ0v) is 12.1. The highest BCUT2D eigenvalue weighted by Crippen LogP contribution is 2.30. The highest BCUT2D eigenvalue weighted by atomic mass is 16.4. The Labute approximate surface area is 119 Å². The first-order chi connectivity index (χ1) is 9.29. The summed E-state index contributed by atoms with van der Waals surface area (Å²) in [6.45, 7) is 4.03. The van der Waals surface area contributed by atoms with Crippen LogP contribution in [0.2, 0.25) is 0 Å². The van der Waals surface area contributed by atoms with Gasteiger partial charge in [-0.3, -0.25) is 14.4 Å². The minimum atomic E-state index is -0.952. The number of carbonyl (C=O) groups is 3. The van der Waals surface area contributed by atoms with Crippen LogP contribution in [0.3, 0.4) is 0 Å². The second-order valence-corrected chi connectivity index (χ2v) is 5.91. The number of allylic oxidation sites excluding steroid dienone is 2. The van der Waals surface area contributed by atoms with Crippen LogP contribution >= 0.6 is 0 Å². The molecule has 0 heterocycles. The number of Topliss-reactive ketones (excluding diaryl/α,β-unsaturated/α-hetero) is 1. The van der Waals surface area contributed by atoms with E-state index >= 15 is 0 Å². The number of primary amides is 1. The molecule has 5 heteroatoms. The highest BCUT2D eigenvalue weighted by Gasteiger charge is 2.27. The number of amides is 1. The van der Waals surface area contributed by atoms with Gasteiger partial charge in [0.2, 0.25) is 5.91 Å². The maximum absolute atomic E-state index is 12.1. The second-order valence-electron chi connectivity index (χ2n) is 5.91. The number of hydrogen-bond acceptors (Lipinski definition) is 3. The topological polar surface area (TPSA) is 97.5 Å².